The van der Waals surface area contributed by atoms with Crippen molar-refractivity contribution >= 4 is 29.0 Å². The van der Waals surface area contributed by atoms with Gasteiger partial charge in [-0.25, -0.2) is 0 Å². The molecule has 7 heteroatoms. The molecular weight excluding hydrogens is 635 g/mol. The zero-order valence-electron chi connectivity index (χ0n) is 30.3. The number of esters is 1. The van der Waals surface area contributed by atoms with Crippen molar-refractivity contribution in [2.75, 3.05) is 12.4 Å². The van der Waals surface area contributed by atoms with Gasteiger partial charge in [0.25, 0.3) is 5.91 Å². The number of methoxy groups -OCH3 is 1. The van der Waals surface area contributed by atoms with E-state index in [1.54, 1.807) is 24.3 Å². The third-order valence-corrected chi connectivity index (χ3v) is 10.1. The first kappa shape index (κ1) is 37.0. The number of anilines is 1. The van der Waals surface area contributed by atoms with Crippen LogP contribution in [0.15, 0.2) is 126 Å². The first-order valence-electron chi connectivity index (χ1n) is 17.8. The average molecular weight is 684 g/mol. The van der Waals surface area contributed by atoms with Crippen LogP contribution in [-0.2, 0) is 20.9 Å². The molecule has 1 aliphatic carbocycles. The molecule has 0 saturated carbocycles. The van der Waals surface area contributed by atoms with Gasteiger partial charge in [-0.2, -0.15) is 0 Å². The molecule has 264 valence electrons. The summed E-state index contributed by atoms with van der Waals surface area (Å²) >= 11 is 0. The molecule has 0 radical (unpaired) electrons. The van der Waals surface area contributed by atoms with Crippen molar-refractivity contribution in [2.24, 2.45) is 5.92 Å². The van der Waals surface area contributed by atoms with E-state index in [1.807, 2.05) is 48.5 Å². The summed E-state index contributed by atoms with van der Waals surface area (Å²) in [6.07, 6.45) is 1.75. The van der Waals surface area contributed by atoms with Crippen LogP contribution in [0.2, 0.25) is 0 Å². The second-order valence-electron chi connectivity index (χ2n) is 13.3. The van der Waals surface area contributed by atoms with E-state index < -0.39 is 6.04 Å². The molecule has 0 heterocycles. The van der Waals surface area contributed by atoms with Crippen LogP contribution >= 0.6 is 0 Å². The molecule has 0 aromatic heterocycles. The maximum atomic E-state index is 13.9. The van der Waals surface area contributed by atoms with Crippen LogP contribution in [0.4, 0.5) is 5.69 Å². The number of allylic oxidation sites excluding steroid dienone is 4. The molecule has 3 N–H and O–H groups in total. The highest BCUT2D eigenvalue weighted by Gasteiger charge is 2.29. The maximum Gasteiger partial charge on any atom is 0.305 e. The predicted molar refractivity (Wildman–Crippen MR) is 205 cm³/mol. The number of carbonyl (C=O) groups is 3. The topological polar surface area (TPSA) is 96.5 Å². The van der Waals surface area contributed by atoms with Gasteiger partial charge in [0.15, 0.2) is 0 Å². The summed E-state index contributed by atoms with van der Waals surface area (Å²) in [4.78, 5) is 37.7. The lowest BCUT2D eigenvalue weighted by Crippen LogP contribution is -2.38. The average Bonchev–Trinajstić information content (AvgIpc) is 3.35. The summed E-state index contributed by atoms with van der Waals surface area (Å²) in [6, 6.07) is 35.2. The number of nitrogens with one attached hydrogen (secondary N) is 3. The smallest absolute Gasteiger partial charge is 0.305 e. The van der Waals surface area contributed by atoms with Gasteiger partial charge in [0, 0.05) is 36.6 Å². The monoisotopic (exact) mass is 683 g/mol. The highest BCUT2D eigenvalue weighted by Crippen LogP contribution is 2.43. The minimum atomic E-state index is -0.393. The van der Waals surface area contributed by atoms with Gasteiger partial charge in [-0.3, -0.25) is 14.4 Å². The van der Waals surface area contributed by atoms with Gasteiger partial charge in [0.2, 0.25) is 5.91 Å². The Bertz CT molecular complexity index is 1880. The van der Waals surface area contributed by atoms with Crippen LogP contribution in [0.5, 0.6) is 0 Å². The van der Waals surface area contributed by atoms with Gasteiger partial charge in [0.1, 0.15) is 0 Å². The van der Waals surface area contributed by atoms with Crippen LogP contribution in [0.3, 0.4) is 0 Å². The largest absolute Gasteiger partial charge is 0.469 e. The molecule has 3 atom stereocenters. The Labute approximate surface area is 302 Å². The van der Waals surface area contributed by atoms with Gasteiger partial charge >= 0.3 is 5.97 Å². The third kappa shape index (κ3) is 9.30. The fourth-order valence-electron chi connectivity index (χ4n) is 6.87. The number of hydrogen-bond donors (Lipinski definition) is 3. The molecule has 4 aromatic carbocycles. The van der Waals surface area contributed by atoms with E-state index in [0.717, 1.165) is 11.1 Å². The summed E-state index contributed by atoms with van der Waals surface area (Å²) in [5.41, 5.74) is 11.1. The van der Waals surface area contributed by atoms with Crippen molar-refractivity contribution in [1.29, 1.82) is 0 Å². The highest BCUT2D eigenvalue weighted by atomic mass is 16.5. The SMILES string of the molecule is COC(=O)CCCCC(=O)Nc1ccc(C(=O)NC(c2ccccc2)C(NCc2ccccc2C2=C(C)C(C)=C(C)C2C)c2ccccc2)cc1. The molecule has 4 aromatic rings. The summed E-state index contributed by atoms with van der Waals surface area (Å²) in [5.74, 6) is -0.287. The fraction of sp³-hybridized carbons (Fsp3) is 0.295. The first-order chi connectivity index (χ1) is 24.7. The van der Waals surface area contributed by atoms with Crippen molar-refractivity contribution in [1.82, 2.24) is 10.6 Å². The Balaban J connectivity index is 1.36. The zero-order chi connectivity index (χ0) is 36.3. The molecule has 0 aliphatic heterocycles. The number of unbranched alkanes of at least 4 members (excludes halogenated alkanes) is 1. The lowest BCUT2D eigenvalue weighted by Gasteiger charge is -2.31. The second-order valence-corrected chi connectivity index (χ2v) is 13.3. The Morgan fingerprint density at radius 2 is 1.29 bits per heavy atom. The van der Waals surface area contributed by atoms with E-state index in [9.17, 15) is 14.4 Å². The molecule has 0 saturated heterocycles. The highest BCUT2D eigenvalue weighted by molar-refractivity contribution is 5.96. The lowest BCUT2D eigenvalue weighted by atomic mass is 9.88. The van der Waals surface area contributed by atoms with Crippen LogP contribution in [0.1, 0.15) is 98.1 Å². The van der Waals surface area contributed by atoms with Crippen molar-refractivity contribution < 1.29 is 19.1 Å². The van der Waals surface area contributed by atoms with E-state index in [0.29, 0.717) is 49.4 Å². The molecule has 0 spiro atoms. The van der Waals surface area contributed by atoms with Crippen LogP contribution in [0, 0.1) is 5.92 Å². The second kappa shape index (κ2) is 17.6. The number of benzene rings is 4. The molecule has 7 nitrogen and oxygen atoms in total. The Morgan fingerprint density at radius 3 is 1.90 bits per heavy atom. The Hall–Kier alpha value is -5.27. The number of hydrogen-bond acceptors (Lipinski definition) is 5. The first-order valence-corrected chi connectivity index (χ1v) is 17.8. The molecule has 0 fully saturated rings. The summed E-state index contributed by atoms with van der Waals surface area (Å²) in [6.45, 7) is 9.57. The molecule has 5 rings (SSSR count). The summed E-state index contributed by atoms with van der Waals surface area (Å²) in [5, 5.41) is 10.1. The number of rotatable bonds is 15. The predicted octanol–water partition coefficient (Wildman–Crippen LogP) is 9.12. The molecule has 3 unspecified atom stereocenters. The minimum Gasteiger partial charge on any atom is -0.469 e. The molecule has 0 bridgehead atoms. The van der Waals surface area contributed by atoms with Gasteiger partial charge < -0.3 is 20.7 Å². The zero-order valence-corrected chi connectivity index (χ0v) is 30.3. The van der Waals surface area contributed by atoms with Crippen molar-refractivity contribution in [2.45, 2.75) is 72.0 Å². The van der Waals surface area contributed by atoms with Crippen molar-refractivity contribution in [3.63, 3.8) is 0 Å². The molecular formula is C44H49N3O4. The quantitative estimate of drug-likeness (QED) is 0.0858. The summed E-state index contributed by atoms with van der Waals surface area (Å²) in [7, 11) is 1.36. The Morgan fingerprint density at radius 1 is 0.706 bits per heavy atom. The maximum absolute atomic E-state index is 13.9. The van der Waals surface area contributed by atoms with Gasteiger partial charge in [-0.1, -0.05) is 97.4 Å². The Kier molecular flexibility index (Phi) is 12.8. The molecule has 2 amide bonds. The van der Waals surface area contributed by atoms with E-state index in [1.165, 1.54) is 40.5 Å². The summed E-state index contributed by atoms with van der Waals surface area (Å²) < 4.78 is 4.65. The van der Waals surface area contributed by atoms with Crippen LogP contribution in [0.25, 0.3) is 5.57 Å². The standard InChI is InChI=1S/C44H49N3O4/c1-29-30(2)32(4)41(31(29)3)38-21-13-12-20-36(38)28-45-42(33-16-8-6-9-17-33)43(34-18-10-7-11-19-34)47-44(50)35-24-26-37(27-25-35)46-39(48)22-14-15-23-40(49)51-5/h6-13,16-21,24-27,31,42-43,45H,14-15,22-23,28H2,1-5H3,(H,46,48)(H,47,50). The van der Waals surface area contributed by atoms with E-state index in [4.69, 9.17) is 0 Å². The van der Waals surface area contributed by atoms with Crippen molar-refractivity contribution in [3.05, 3.63) is 154 Å². The van der Waals surface area contributed by atoms with E-state index >= 15 is 0 Å². The number of ether oxygens (including phenoxy) is 1. The lowest BCUT2D eigenvalue weighted by molar-refractivity contribution is -0.140. The normalized spacial score (nSPS) is 15.4. The van der Waals surface area contributed by atoms with Crippen LogP contribution in [-0.4, -0.2) is 24.9 Å². The molecule has 1 aliphatic rings. The minimum absolute atomic E-state index is 0.144. The van der Waals surface area contributed by atoms with Crippen molar-refractivity contribution in [3.8, 4) is 0 Å². The van der Waals surface area contributed by atoms with Gasteiger partial charge in [0.05, 0.1) is 19.2 Å². The number of carbonyl (C=O) groups excluding carboxylic acids is 3. The number of amides is 2. The van der Waals surface area contributed by atoms with E-state index in [-0.39, 0.29) is 23.8 Å². The van der Waals surface area contributed by atoms with E-state index in [2.05, 4.69) is 84.8 Å². The van der Waals surface area contributed by atoms with Gasteiger partial charge in [-0.05, 0) is 96.9 Å². The third-order valence-electron chi connectivity index (χ3n) is 10.1. The molecule has 51 heavy (non-hydrogen) atoms. The fourth-order valence-corrected chi connectivity index (χ4v) is 6.87. The van der Waals surface area contributed by atoms with Crippen LogP contribution < -0.4 is 16.0 Å². The van der Waals surface area contributed by atoms with Gasteiger partial charge in [-0.15, -0.1) is 0 Å².